The Morgan fingerprint density at radius 1 is 1.17 bits per heavy atom. The topological polar surface area (TPSA) is 69.6 Å². The summed E-state index contributed by atoms with van der Waals surface area (Å²) in [6.45, 7) is 0.504. The van der Waals surface area contributed by atoms with Gasteiger partial charge in [0.1, 0.15) is 11.6 Å². The van der Waals surface area contributed by atoms with Crippen molar-refractivity contribution in [2.75, 3.05) is 6.54 Å². The molecule has 2 N–H and O–H groups in total. The van der Waals surface area contributed by atoms with Crippen molar-refractivity contribution in [3.8, 4) is 0 Å². The zero-order valence-corrected chi connectivity index (χ0v) is 13.2. The summed E-state index contributed by atoms with van der Waals surface area (Å²) in [6.07, 6.45) is 5.90. The third-order valence-electron chi connectivity index (χ3n) is 5.61. The quantitative estimate of drug-likeness (QED) is 0.822. The maximum atomic E-state index is 14.1. The van der Waals surface area contributed by atoms with E-state index in [0.717, 1.165) is 25.7 Å². The number of hydrogen-bond acceptors (Lipinski definition) is 3. The molecule has 0 aromatic carbocycles. The van der Waals surface area contributed by atoms with Crippen molar-refractivity contribution in [3.05, 3.63) is 0 Å². The molecule has 0 bridgehead atoms. The average molecular weight is 330 g/mol. The van der Waals surface area contributed by atoms with E-state index in [0.29, 0.717) is 19.4 Å². The second kappa shape index (κ2) is 6.00. The van der Waals surface area contributed by atoms with Gasteiger partial charge in [-0.05, 0) is 38.5 Å². The summed E-state index contributed by atoms with van der Waals surface area (Å²) in [4.78, 5) is 26.0. The number of nitrogens with one attached hydrogen (secondary N) is 1. The lowest BCUT2D eigenvalue weighted by atomic mass is 9.75. The van der Waals surface area contributed by atoms with Crippen molar-refractivity contribution in [1.82, 2.24) is 10.2 Å². The van der Waals surface area contributed by atoms with E-state index < -0.39 is 23.5 Å². The Morgan fingerprint density at radius 2 is 1.83 bits per heavy atom. The molecule has 1 aliphatic heterocycles. The number of aliphatic hydroxyl groups is 1. The van der Waals surface area contributed by atoms with E-state index >= 15 is 0 Å². The van der Waals surface area contributed by atoms with Crippen LogP contribution in [0.1, 0.15) is 57.8 Å². The summed E-state index contributed by atoms with van der Waals surface area (Å²) in [5.74, 6) is -5.63. The van der Waals surface area contributed by atoms with Crippen molar-refractivity contribution in [1.29, 1.82) is 0 Å². The van der Waals surface area contributed by atoms with Gasteiger partial charge in [0.15, 0.2) is 0 Å². The first-order valence-electron chi connectivity index (χ1n) is 8.57. The third kappa shape index (κ3) is 2.84. The number of likely N-dealkylation sites (tertiary alicyclic amines) is 1. The molecular formula is C16H24F2N2O3. The number of carbonyl (C=O) groups is 2. The molecule has 7 heteroatoms. The fourth-order valence-electron chi connectivity index (χ4n) is 3.88. The summed E-state index contributed by atoms with van der Waals surface area (Å²) in [7, 11) is 0. The van der Waals surface area contributed by atoms with Gasteiger partial charge in [0.05, 0.1) is 0 Å². The fraction of sp³-hybridized carbons (Fsp3) is 0.875. The Labute approximate surface area is 134 Å². The fourth-order valence-corrected chi connectivity index (χ4v) is 3.88. The lowest BCUT2D eigenvalue weighted by molar-refractivity contribution is -0.216. The van der Waals surface area contributed by atoms with Gasteiger partial charge in [0, 0.05) is 12.6 Å². The first kappa shape index (κ1) is 16.6. The van der Waals surface area contributed by atoms with E-state index in [1.807, 2.05) is 0 Å². The van der Waals surface area contributed by atoms with Crippen LogP contribution in [-0.4, -0.2) is 52.0 Å². The monoisotopic (exact) mass is 330 g/mol. The number of rotatable bonds is 4. The molecule has 0 aromatic rings. The van der Waals surface area contributed by atoms with Crippen LogP contribution >= 0.6 is 0 Å². The number of hydrogen-bond donors (Lipinski definition) is 2. The van der Waals surface area contributed by atoms with Gasteiger partial charge in [0.25, 0.3) is 5.91 Å². The van der Waals surface area contributed by atoms with Crippen LogP contribution in [0.5, 0.6) is 0 Å². The van der Waals surface area contributed by atoms with Crippen LogP contribution in [0.15, 0.2) is 0 Å². The van der Waals surface area contributed by atoms with Crippen LogP contribution in [0.2, 0.25) is 0 Å². The normalized spacial score (nSPS) is 28.6. The van der Waals surface area contributed by atoms with Crippen molar-refractivity contribution in [2.45, 2.75) is 81.4 Å². The van der Waals surface area contributed by atoms with Gasteiger partial charge in [-0.25, -0.2) is 0 Å². The third-order valence-corrected chi connectivity index (χ3v) is 5.61. The van der Waals surface area contributed by atoms with E-state index in [1.165, 1.54) is 6.42 Å². The molecule has 0 unspecified atom stereocenters. The minimum atomic E-state index is -3.84. The Bertz CT molecular complexity index is 488. The molecule has 3 rings (SSSR count). The van der Waals surface area contributed by atoms with Crippen LogP contribution in [-0.2, 0) is 9.59 Å². The molecule has 2 saturated carbocycles. The van der Waals surface area contributed by atoms with E-state index in [4.69, 9.17) is 0 Å². The van der Waals surface area contributed by atoms with Crippen LogP contribution in [0.4, 0.5) is 8.78 Å². The van der Waals surface area contributed by atoms with Crippen LogP contribution in [0.3, 0.4) is 0 Å². The maximum absolute atomic E-state index is 14.1. The van der Waals surface area contributed by atoms with Crippen molar-refractivity contribution in [3.63, 3.8) is 0 Å². The maximum Gasteiger partial charge on any atom is 0.352 e. The van der Waals surface area contributed by atoms with Gasteiger partial charge in [-0.2, -0.15) is 8.78 Å². The summed E-state index contributed by atoms with van der Waals surface area (Å²) in [5, 5.41) is 12.0. The minimum absolute atomic E-state index is 0.0831. The zero-order chi connectivity index (χ0) is 16.7. The highest BCUT2D eigenvalue weighted by molar-refractivity contribution is 5.92. The molecule has 0 radical (unpaired) electrons. The second-order valence-electron chi connectivity index (χ2n) is 7.10. The highest BCUT2D eigenvalue weighted by Gasteiger charge is 2.61. The minimum Gasteiger partial charge on any atom is -0.383 e. The first-order valence-corrected chi connectivity index (χ1v) is 8.57. The molecule has 3 fully saturated rings. The van der Waals surface area contributed by atoms with E-state index in [-0.39, 0.29) is 24.8 Å². The molecule has 130 valence electrons. The Kier molecular flexibility index (Phi) is 4.33. The lowest BCUT2D eigenvalue weighted by Crippen LogP contribution is -2.62. The molecule has 2 amide bonds. The zero-order valence-electron chi connectivity index (χ0n) is 13.2. The standard InChI is InChI=1S/C16H24F2N2O3/c17-16(18,15(23)8-4-9-15)14(22)19-12-7-10-20(13(12)21)11-5-2-1-3-6-11/h11-12,23H,1-10H2,(H,19,22)/t12-/m1/s1. The Balaban J connectivity index is 1.60. The van der Waals surface area contributed by atoms with Crippen molar-refractivity contribution < 1.29 is 23.5 Å². The average Bonchev–Trinajstić information content (AvgIpc) is 2.86. The largest absolute Gasteiger partial charge is 0.383 e. The van der Waals surface area contributed by atoms with Crippen LogP contribution in [0, 0.1) is 0 Å². The van der Waals surface area contributed by atoms with Gasteiger partial charge in [0.2, 0.25) is 5.91 Å². The molecule has 5 nitrogen and oxygen atoms in total. The number of alkyl halides is 2. The molecule has 1 heterocycles. The highest BCUT2D eigenvalue weighted by Crippen LogP contribution is 2.44. The lowest BCUT2D eigenvalue weighted by Gasteiger charge is -2.41. The van der Waals surface area contributed by atoms with Crippen LogP contribution < -0.4 is 5.32 Å². The van der Waals surface area contributed by atoms with E-state index in [1.54, 1.807) is 4.90 Å². The molecule has 0 spiro atoms. The molecule has 2 aliphatic carbocycles. The van der Waals surface area contributed by atoms with Gasteiger partial charge >= 0.3 is 5.92 Å². The predicted molar refractivity (Wildman–Crippen MR) is 78.9 cm³/mol. The van der Waals surface area contributed by atoms with Gasteiger partial charge < -0.3 is 15.3 Å². The molecular weight excluding hydrogens is 306 g/mol. The molecule has 3 aliphatic rings. The molecule has 23 heavy (non-hydrogen) atoms. The number of nitrogens with zero attached hydrogens (tertiary/aromatic N) is 1. The molecule has 1 atom stereocenters. The molecule has 1 saturated heterocycles. The number of amides is 2. The van der Waals surface area contributed by atoms with Gasteiger partial charge in [-0.1, -0.05) is 19.3 Å². The second-order valence-corrected chi connectivity index (χ2v) is 7.10. The van der Waals surface area contributed by atoms with Crippen molar-refractivity contribution >= 4 is 11.8 Å². The van der Waals surface area contributed by atoms with E-state index in [9.17, 15) is 23.5 Å². The predicted octanol–water partition coefficient (Wildman–Crippen LogP) is 1.59. The summed E-state index contributed by atoms with van der Waals surface area (Å²) in [5.41, 5.74) is -2.25. The van der Waals surface area contributed by atoms with Gasteiger partial charge in [-0.15, -0.1) is 0 Å². The Morgan fingerprint density at radius 3 is 2.39 bits per heavy atom. The first-order chi connectivity index (χ1) is 10.8. The summed E-state index contributed by atoms with van der Waals surface area (Å²) < 4.78 is 28.2. The van der Waals surface area contributed by atoms with Crippen molar-refractivity contribution in [2.24, 2.45) is 0 Å². The van der Waals surface area contributed by atoms with Gasteiger partial charge in [-0.3, -0.25) is 9.59 Å². The summed E-state index contributed by atoms with van der Waals surface area (Å²) >= 11 is 0. The molecule has 0 aromatic heterocycles. The SMILES string of the molecule is O=C1[C@H](NC(=O)C(F)(F)C2(O)CCC2)CCN1C1CCCCC1. The summed E-state index contributed by atoms with van der Waals surface area (Å²) in [6, 6.07) is -0.714. The number of halogens is 2. The highest BCUT2D eigenvalue weighted by atomic mass is 19.3. The van der Waals surface area contributed by atoms with E-state index in [2.05, 4.69) is 5.32 Å². The number of carbonyl (C=O) groups excluding carboxylic acids is 2. The Hall–Kier alpha value is -1.24. The smallest absolute Gasteiger partial charge is 0.352 e. The van der Waals surface area contributed by atoms with Crippen LogP contribution in [0.25, 0.3) is 0 Å².